The number of carbonyl (C=O) groups is 1. The van der Waals surface area contributed by atoms with E-state index >= 15 is 0 Å². The van der Waals surface area contributed by atoms with Gasteiger partial charge in [-0.1, -0.05) is 42.5 Å². The Balaban J connectivity index is 0.00000150. The number of aromatic nitrogens is 1. The van der Waals surface area contributed by atoms with Crippen LogP contribution in [0.5, 0.6) is 11.6 Å². The van der Waals surface area contributed by atoms with Gasteiger partial charge in [0.25, 0.3) is 0 Å². The van der Waals surface area contributed by atoms with Gasteiger partial charge in [0.1, 0.15) is 5.75 Å². The number of hydrogen-bond donors (Lipinski definition) is 2. The van der Waals surface area contributed by atoms with Gasteiger partial charge in [0.2, 0.25) is 11.8 Å². The third-order valence-electron chi connectivity index (χ3n) is 4.74. The van der Waals surface area contributed by atoms with Gasteiger partial charge < -0.3 is 15.4 Å². The summed E-state index contributed by atoms with van der Waals surface area (Å²) in [6.45, 7) is 1.49. The molecule has 1 fully saturated rings. The fourth-order valence-corrected chi connectivity index (χ4v) is 3.41. The van der Waals surface area contributed by atoms with Gasteiger partial charge in [-0.15, -0.1) is 24.8 Å². The molecule has 7 heteroatoms. The van der Waals surface area contributed by atoms with Crippen molar-refractivity contribution in [1.29, 1.82) is 0 Å². The number of nitrogens with one attached hydrogen (secondary N) is 2. The number of halogens is 2. The zero-order valence-electron chi connectivity index (χ0n) is 15.7. The summed E-state index contributed by atoms with van der Waals surface area (Å²) in [6.07, 6.45) is 1.68. The molecular formula is C22H23Cl2N3O2. The highest BCUT2D eigenvalue weighted by molar-refractivity contribution is 5.93. The molecule has 1 amide bonds. The molecule has 0 aliphatic carbocycles. The maximum absolute atomic E-state index is 12.9. The molecule has 2 heterocycles. The molecule has 152 valence electrons. The number of rotatable bonds is 5. The molecule has 2 aromatic carbocycles. The molecule has 1 aliphatic rings. The van der Waals surface area contributed by atoms with Crippen molar-refractivity contribution in [2.24, 2.45) is 5.92 Å². The van der Waals surface area contributed by atoms with Gasteiger partial charge in [-0.2, -0.15) is 0 Å². The van der Waals surface area contributed by atoms with Crippen molar-refractivity contribution >= 4 is 36.4 Å². The molecule has 2 atom stereocenters. The molecular weight excluding hydrogens is 409 g/mol. The molecule has 0 bridgehead atoms. The smallest absolute Gasteiger partial charge is 0.229 e. The molecule has 0 radical (unpaired) electrons. The van der Waals surface area contributed by atoms with E-state index in [9.17, 15) is 4.79 Å². The first-order chi connectivity index (χ1) is 13.3. The Hall–Kier alpha value is -2.60. The third kappa shape index (κ3) is 5.70. The Morgan fingerprint density at radius 2 is 1.76 bits per heavy atom. The monoisotopic (exact) mass is 431 g/mol. The minimum Gasteiger partial charge on any atom is -0.439 e. The Morgan fingerprint density at radius 3 is 2.52 bits per heavy atom. The summed E-state index contributed by atoms with van der Waals surface area (Å²) >= 11 is 0. The fourth-order valence-electron chi connectivity index (χ4n) is 3.41. The molecule has 1 saturated heterocycles. The number of benzene rings is 2. The second kappa shape index (κ2) is 10.8. The Labute approximate surface area is 182 Å². The van der Waals surface area contributed by atoms with E-state index in [-0.39, 0.29) is 42.6 Å². The van der Waals surface area contributed by atoms with Gasteiger partial charge in [0.15, 0.2) is 0 Å². The lowest BCUT2D eigenvalue weighted by atomic mass is 9.88. The number of pyridine rings is 1. The largest absolute Gasteiger partial charge is 0.439 e. The average molecular weight is 432 g/mol. The van der Waals surface area contributed by atoms with Crippen molar-refractivity contribution in [1.82, 2.24) is 10.3 Å². The highest BCUT2D eigenvalue weighted by Gasteiger charge is 2.33. The van der Waals surface area contributed by atoms with Crippen LogP contribution >= 0.6 is 24.8 Å². The van der Waals surface area contributed by atoms with Crippen LogP contribution in [0.3, 0.4) is 0 Å². The van der Waals surface area contributed by atoms with E-state index in [1.807, 2.05) is 54.6 Å². The Bertz CT molecular complexity index is 910. The molecule has 3 aromatic rings. The minimum atomic E-state index is -0.104. The van der Waals surface area contributed by atoms with Crippen LogP contribution in [0.15, 0.2) is 79.0 Å². The van der Waals surface area contributed by atoms with E-state index in [2.05, 4.69) is 27.8 Å². The zero-order chi connectivity index (χ0) is 18.5. The lowest BCUT2D eigenvalue weighted by Gasteiger charge is -2.18. The molecule has 1 aliphatic heterocycles. The van der Waals surface area contributed by atoms with Crippen LogP contribution in [0, 0.1) is 5.92 Å². The van der Waals surface area contributed by atoms with Crippen LogP contribution in [0.1, 0.15) is 11.5 Å². The second-order valence-electron chi connectivity index (χ2n) is 6.57. The average Bonchev–Trinajstić information content (AvgIpc) is 3.20. The maximum atomic E-state index is 12.9. The lowest BCUT2D eigenvalue weighted by molar-refractivity contribution is -0.119. The Morgan fingerprint density at radius 1 is 0.966 bits per heavy atom. The van der Waals surface area contributed by atoms with E-state index in [0.717, 1.165) is 6.54 Å². The van der Waals surface area contributed by atoms with E-state index in [4.69, 9.17) is 4.74 Å². The van der Waals surface area contributed by atoms with E-state index in [1.54, 1.807) is 12.3 Å². The van der Waals surface area contributed by atoms with Gasteiger partial charge in [-0.05, 0) is 23.8 Å². The molecule has 1 aromatic heterocycles. The SMILES string of the molecule is Cl.Cl.O=C(Nc1cccc(Oc2ccccn2)c1)[C@@H]1CNC[C@H]1c1ccccc1. The number of ether oxygens (including phenoxy) is 1. The number of anilines is 1. The first-order valence-electron chi connectivity index (χ1n) is 9.05. The van der Waals surface area contributed by atoms with Crippen LogP contribution in [0.25, 0.3) is 0 Å². The summed E-state index contributed by atoms with van der Waals surface area (Å²) in [6, 6.07) is 23.1. The zero-order valence-corrected chi connectivity index (χ0v) is 17.3. The summed E-state index contributed by atoms with van der Waals surface area (Å²) in [5, 5.41) is 6.37. The molecule has 5 nitrogen and oxygen atoms in total. The molecule has 29 heavy (non-hydrogen) atoms. The van der Waals surface area contributed by atoms with E-state index in [0.29, 0.717) is 23.9 Å². The summed E-state index contributed by atoms with van der Waals surface area (Å²) < 4.78 is 5.74. The summed E-state index contributed by atoms with van der Waals surface area (Å²) in [5.41, 5.74) is 1.90. The van der Waals surface area contributed by atoms with Gasteiger partial charge >= 0.3 is 0 Å². The van der Waals surface area contributed by atoms with Gasteiger partial charge in [0.05, 0.1) is 5.92 Å². The van der Waals surface area contributed by atoms with Crippen molar-refractivity contribution in [3.05, 3.63) is 84.6 Å². The topological polar surface area (TPSA) is 63.2 Å². The summed E-state index contributed by atoms with van der Waals surface area (Å²) in [5.74, 6) is 1.25. The quantitative estimate of drug-likeness (QED) is 0.616. The summed E-state index contributed by atoms with van der Waals surface area (Å²) in [7, 11) is 0. The van der Waals surface area contributed by atoms with Crippen molar-refractivity contribution in [2.45, 2.75) is 5.92 Å². The van der Waals surface area contributed by atoms with Gasteiger partial charge in [-0.3, -0.25) is 4.79 Å². The fraction of sp³-hybridized carbons (Fsp3) is 0.182. The van der Waals surface area contributed by atoms with E-state index < -0.39 is 0 Å². The van der Waals surface area contributed by atoms with Crippen LogP contribution in [-0.4, -0.2) is 24.0 Å². The van der Waals surface area contributed by atoms with Crippen LogP contribution in [0.4, 0.5) is 5.69 Å². The number of nitrogens with zero attached hydrogens (tertiary/aromatic N) is 1. The van der Waals surface area contributed by atoms with Crippen molar-refractivity contribution in [3.8, 4) is 11.6 Å². The van der Waals surface area contributed by atoms with Crippen LogP contribution < -0.4 is 15.4 Å². The van der Waals surface area contributed by atoms with Gasteiger partial charge in [0, 0.05) is 43.0 Å². The first kappa shape index (κ1) is 22.7. The molecule has 0 saturated carbocycles. The Kier molecular flexibility index (Phi) is 8.46. The maximum Gasteiger partial charge on any atom is 0.229 e. The van der Waals surface area contributed by atoms with Crippen LogP contribution in [0.2, 0.25) is 0 Å². The van der Waals surface area contributed by atoms with E-state index in [1.165, 1.54) is 5.56 Å². The second-order valence-corrected chi connectivity index (χ2v) is 6.57. The van der Waals surface area contributed by atoms with Crippen LogP contribution in [-0.2, 0) is 4.79 Å². The molecule has 0 spiro atoms. The van der Waals surface area contributed by atoms with Crippen molar-refractivity contribution in [2.75, 3.05) is 18.4 Å². The lowest BCUT2D eigenvalue weighted by Crippen LogP contribution is -2.28. The third-order valence-corrected chi connectivity index (χ3v) is 4.74. The predicted octanol–water partition coefficient (Wildman–Crippen LogP) is 4.66. The van der Waals surface area contributed by atoms with Gasteiger partial charge in [-0.25, -0.2) is 4.98 Å². The van der Waals surface area contributed by atoms with Crippen molar-refractivity contribution in [3.63, 3.8) is 0 Å². The molecule has 4 rings (SSSR count). The minimum absolute atomic E-state index is 0. The highest BCUT2D eigenvalue weighted by atomic mass is 35.5. The number of carbonyl (C=O) groups excluding carboxylic acids is 1. The standard InChI is InChI=1S/C22H21N3O2.2ClH/c26-22(20-15-23-14-19(20)16-7-2-1-3-8-16)25-17-9-6-10-18(13-17)27-21-11-4-5-12-24-21;;/h1-13,19-20,23H,14-15H2,(H,25,26);2*1H/t19-,20+;;/m0../s1. The highest BCUT2D eigenvalue weighted by Crippen LogP contribution is 2.30. The van der Waals surface area contributed by atoms with Crippen molar-refractivity contribution < 1.29 is 9.53 Å². The summed E-state index contributed by atoms with van der Waals surface area (Å²) in [4.78, 5) is 17.0. The normalized spacial score (nSPS) is 17.5. The number of hydrogen-bond acceptors (Lipinski definition) is 4. The molecule has 0 unspecified atom stereocenters. The first-order valence-corrected chi connectivity index (χ1v) is 9.05. The number of amides is 1. The predicted molar refractivity (Wildman–Crippen MR) is 119 cm³/mol. The molecule has 2 N–H and O–H groups in total.